The number of rotatable bonds is 7. The van der Waals surface area contributed by atoms with E-state index in [0.717, 1.165) is 36.4 Å². The number of aryl methyl sites for hydroxylation is 2. The van der Waals surface area contributed by atoms with Crippen molar-refractivity contribution in [3.05, 3.63) is 42.5 Å². The van der Waals surface area contributed by atoms with Gasteiger partial charge >= 0.3 is 6.36 Å². The molecule has 1 aliphatic heterocycles. The Kier molecular flexibility index (Phi) is 6.10. The van der Waals surface area contributed by atoms with Crippen LogP contribution in [0.3, 0.4) is 0 Å². The number of sulfone groups is 1. The molecule has 1 saturated carbocycles. The number of aromatic nitrogens is 7. The fourth-order valence-electron chi connectivity index (χ4n) is 5.08. The zero-order valence-electron chi connectivity index (χ0n) is 21.0. The molecule has 39 heavy (non-hydrogen) atoms. The molecule has 2 fully saturated rings. The molecule has 0 amide bonds. The summed E-state index contributed by atoms with van der Waals surface area (Å²) in [7, 11) is -1.21. The Balaban J connectivity index is 1.29. The Hall–Kier alpha value is -3.59. The number of fused-ring (bicyclic) bond motifs is 1. The number of ether oxygens (including phenoxy) is 1. The standard InChI is InChI=1S/C24H25F3N8O3S/c1-33-15-29-22(32-33)35-21-17(3-4-18(30-21)16-2-5-20(28-14-16)38-24(25,26)27)19(31-35)6-7-23(8-9-23)34-10-12-39(36,37)13-11-34/h2-5,14-15H,6-13H2,1H3. The third-order valence-electron chi connectivity index (χ3n) is 7.31. The summed E-state index contributed by atoms with van der Waals surface area (Å²) in [4.78, 5) is 15.1. The van der Waals surface area contributed by atoms with Crippen LogP contribution in [0.15, 0.2) is 36.8 Å². The summed E-state index contributed by atoms with van der Waals surface area (Å²) in [6.45, 7) is 1.11. The van der Waals surface area contributed by atoms with Gasteiger partial charge in [-0.1, -0.05) is 0 Å². The van der Waals surface area contributed by atoms with E-state index in [4.69, 9.17) is 10.1 Å². The zero-order chi connectivity index (χ0) is 27.4. The highest BCUT2D eigenvalue weighted by Gasteiger charge is 2.48. The molecule has 206 valence electrons. The molecular weight excluding hydrogens is 537 g/mol. The molecule has 0 atom stereocenters. The van der Waals surface area contributed by atoms with Crippen LogP contribution in [-0.4, -0.2) is 84.3 Å². The van der Waals surface area contributed by atoms with Gasteiger partial charge in [-0.25, -0.2) is 18.4 Å². The van der Waals surface area contributed by atoms with Gasteiger partial charge < -0.3 is 4.74 Å². The number of alkyl halides is 3. The molecule has 1 saturated heterocycles. The maximum absolute atomic E-state index is 12.5. The number of nitrogens with zero attached hydrogens (tertiary/aromatic N) is 8. The van der Waals surface area contributed by atoms with E-state index in [0.29, 0.717) is 42.4 Å². The van der Waals surface area contributed by atoms with Gasteiger partial charge in [-0.2, -0.15) is 14.8 Å². The van der Waals surface area contributed by atoms with Crippen LogP contribution in [0.5, 0.6) is 5.88 Å². The molecule has 0 aromatic carbocycles. The predicted molar refractivity (Wildman–Crippen MR) is 134 cm³/mol. The lowest BCUT2D eigenvalue weighted by Gasteiger charge is -2.34. The van der Waals surface area contributed by atoms with E-state index in [1.807, 2.05) is 6.07 Å². The van der Waals surface area contributed by atoms with Crippen molar-refractivity contribution >= 4 is 20.9 Å². The Bertz CT molecular complexity index is 1610. The molecule has 0 bridgehead atoms. The lowest BCUT2D eigenvalue weighted by atomic mass is 10.0. The van der Waals surface area contributed by atoms with Gasteiger partial charge in [0.15, 0.2) is 15.5 Å². The number of pyridine rings is 2. The largest absolute Gasteiger partial charge is 0.574 e. The molecule has 5 heterocycles. The van der Waals surface area contributed by atoms with Crippen LogP contribution in [0.25, 0.3) is 28.2 Å². The van der Waals surface area contributed by atoms with Crippen molar-refractivity contribution in [2.45, 2.75) is 37.6 Å². The van der Waals surface area contributed by atoms with Crippen LogP contribution in [0.2, 0.25) is 0 Å². The molecule has 0 spiro atoms. The van der Waals surface area contributed by atoms with E-state index in [1.165, 1.54) is 12.3 Å². The highest BCUT2D eigenvalue weighted by molar-refractivity contribution is 7.91. The zero-order valence-corrected chi connectivity index (χ0v) is 21.8. The molecule has 11 nitrogen and oxygen atoms in total. The minimum absolute atomic E-state index is 0.00540. The molecule has 15 heteroatoms. The fourth-order valence-corrected chi connectivity index (χ4v) is 6.29. The topological polar surface area (TPSA) is 121 Å². The first-order valence-electron chi connectivity index (χ1n) is 12.4. The Morgan fingerprint density at radius 3 is 2.44 bits per heavy atom. The summed E-state index contributed by atoms with van der Waals surface area (Å²) in [6.07, 6.45) is 1.54. The van der Waals surface area contributed by atoms with Crippen molar-refractivity contribution in [1.82, 2.24) is 39.4 Å². The average molecular weight is 563 g/mol. The van der Waals surface area contributed by atoms with Crippen LogP contribution >= 0.6 is 0 Å². The van der Waals surface area contributed by atoms with Crippen molar-refractivity contribution in [2.24, 2.45) is 7.05 Å². The summed E-state index contributed by atoms with van der Waals surface area (Å²) in [5.74, 6) is 0.177. The predicted octanol–water partition coefficient (Wildman–Crippen LogP) is 2.71. The van der Waals surface area contributed by atoms with E-state index in [9.17, 15) is 21.6 Å². The van der Waals surface area contributed by atoms with Gasteiger partial charge in [-0.15, -0.1) is 18.3 Å². The highest BCUT2D eigenvalue weighted by Crippen LogP contribution is 2.46. The summed E-state index contributed by atoms with van der Waals surface area (Å²) in [6, 6.07) is 6.25. The molecule has 1 aliphatic carbocycles. The Morgan fingerprint density at radius 1 is 1.05 bits per heavy atom. The minimum Gasteiger partial charge on any atom is -0.388 e. The highest BCUT2D eigenvalue weighted by atomic mass is 32.2. The van der Waals surface area contributed by atoms with Gasteiger partial charge in [0.05, 0.1) is 22.9 Å². The maximum atomic E-state index is 12.5. The van der Waals surface area contributed by atoms with Crippen LogP contribution < -0.4 is 4.74 Å². The smallest absolute Gasteiger partial charge is 0.388 e. The lowest BCUT2D eigenvalue weighted by Crippen LogP contribution is -2.47. The normalized spacial score (nSPS) is 18.9. The molecule has 2 aliphatic rings. The van der Waals surface area contributed by atoms with Crippen molar-refractivity contribution in [2.75, 3.05) is 24.6 Å². The molecular formula is C24H25F3N8O3S. The molecule has 6 rings (SSSR count). The third-order valence-corrected chi connectivity index (χ3v) is 8.92. The summed E-state index contributed by atoms with van der Waals surface area (Å²) < 4.78 is 68.3. The van der Waals surface area contributed by atoms with Crippen molar-refractivity contribution in [1.29, 1.82) is 0 Å². The Labute approximate surface area is 221 Å². The number of hydrogen-bond acceptors (Lipinski definition) is 9. The van der Waals surface area contributed by atoms with Gasteiger partial charge in [0, 0.05) is 48.9 Å². The Morgan fingerprint density at radius 2 is 1.82 bits per heavy atom. The van der Waals surface area contributed by atoms with Gasteiger partial charge in [0.1, 0.15) is 6.33 Å². The second-order valence-corrected chi connectivity index (χ2v) is 12.2. The summed E-state index contributed by atoms with van der Waals surface area (Å²) >= 11 is 0. The van der Waals surface area contributed by atoms with Crippen molar-refractivity contribution in [3.63, 3.8) is 0 Å². The second-order valence-electron chi connectivity index (χ2n) is 9.94. The quantitative estimate of drug-likeness (QED) is 0.335. The SMILES string of the molecule is Cn1cnc(-n2nc(CCC3(N4CCS(=O)(=O)CC4)CC3)c3ccc(-c4ccc(OC(F)(F)F)nc4)nc32)n1. The first-order chi connectivity index (χ1) is 18.5. The number of hydrogen-bond donors (Lipinski definition) is 0. The monoisotopic (exact) mass is 562 g/mol. The van der Waals surface area contributed by atoms with E-state index in [2.05, 4.69) is 24.7 Å². The molecule has 0 N–H and O–H groups in total. The molecule has 0 unspecified atom stereocenters. The first kappa shape index (κ1) is 25.7. The molecule has 0 radical (unpaired) electrons. The third kappa shape index (κ3) is 5.32. The molecule has 4 aromatic rings. The number of halogens is 3. The van der Waals surface area contributed by atoms with Crippen LogP contribution in [0.4, 0.5) is 13.2 Å². The summed E-state index contributed by atoms with van der Waals surface area (Å²) in [5, 5.41) is 9.98. The van der Waals surface area contributed by atoms with Crippen LogP contribution in [0.1, 0.15) is 25.0 Å². The van der Waals surface area contributed by atoms with Crippen molar-refractivity contribution in [3.8, 4) is 23.1 Å². The maximum Gasteiger partial charge on any atom is 0.574 e. The van der Waals surface area contributed by atoms with Crippen LogP contribution in [-0.2, 0) is 23.3 Å². The second kappa shape index (κ2) is 9.26. The van der Waals surface area contributed by atoms with Gasteiger partial charge in [-0.3, -0.25) is 9.58 Å². The van der Waals surface area contributed by atoms with Gasteiger partial charge in [0.2, 0.25) is 5.88 Å². The van der Waals surface area contributed by atoms with Crippen molar-refractivity contribution < 1.29 is 26.3 Å². The van der Waals surface area contributed by atoms with Crippen LogP contribution in [0, 0.1) is 0 Å². The van der Waals surface area contributed by atoms with Gasteiger partial charge in [-0.05, 0) is 43.9 Å². The van der Waals surface area contributed by atoms with E-state index >= 15 is 0 Å². The summed E-state index contributed by atoms with van der Waals surface area (Å²) in [5.41, 5.74) is 2.32. The fraction of sp³-hybridized carbons (Fsp3) is 0.458. The molecule has 4 aromatic heterocycles. The van der Waals surface area contributed by atoms with E-state index in [-0.39, 0.29) is 17.0 Å². The minimum atomic E-state index is -4.82. The lowest BCUT2D eigenvalue weighted by molar-refractivity contribution is -0.276. The van der Waals surface area contributed by atoms with E-state index < -0.39 is 22.1 Å². The van der Waals surface area contributed by atoms with Gasteiger partial charge in [0.25, 0.3) is 5.95 Å². The van der Waals surface area contributed by atoms with E-state index in [1.54, 1.807) is 28.8 Å². The average Bonchev–Trinajstić information content (AvgIpc) is 3.40. The first-order valence-corrected chi connectivity index (χ1v) is 14.2.